The summed E-state index contributed by atoms with van der Waals surface area (Å²) in [6.45, 7) is 5.76. The second kappa shape index (κ2) is 8.25. The van der Waals surface area contributed by atoms with E-state index in [4.69, 9.17) is 0 Å². The number of carbonyl (C=O) groups is 1. The monoisotopic (exact) mass is 316 g/mol. The summed E-state index contributed by atoms with van der Waals surface area (Å²) in [6, 6.07) is 3.90. The van der Waals surface area contributed by atoms with E-state index in [1.165, 1.54) is 5.57 Å². The summed E-state index contributed by atoms with van der Waals surface area (Å²) < 4.78 is 0. The van der Waals surface area contributed by atoms with E-state index < -0.39 is 0 Å². The Hall–Kier alpha value is -1.68. The standard InChI is InChI=1S/C19H28N2O2/c1-16(2)8-10-19(15-22)9-4-12-21(14-19)18(23)7-6-17-5-3-11-20-13-17/h3,5,8,11,13,22H,4,6-7,9-10,12,14-15H2,1-2H3/t19-/m0/s1. The van der Waals surface area contributed by atoms with Gasteiger partial charge in [-0.3, -0.25) is 9.78 Å². The number of aryl methyl sites for hydroxylation is 1. The third-order valence-electron chi connectivity index (χ3n) is 4.64. The van der Waals surface area contributed by atoms with Crippen LogP contribution in [0.15, 0.2) is 36.2 Å². The van der Waals surface area contributed by atoms with E-state index in [0.717, 1.165) is 37.8 Å². The summed E-state index contributed by atoms with van der Waals surface area (Å²) in [6.07, 6.45) is 9.78. The SMILES string of the molecule is CC(C)=CC[C@@]1(CO)CCCN(C(=O)CCc2cccnc2)C1. The number of allylic oxidation sites excluding steroid dienone is 2. The maximum Gasteiger partial charge on any atom is 0.222 e. The van der Waals surface area contributed by atoms with E-state index in [1.54, 1.807) is 6.20 Å². The molecule has 1 aromatic heterocycles. The first-order chi connectivity index (χ1) is 11.0. The molecule has 0 bridgehead atoms. The Bertz CT molecular complexity index is 538. The minimum absolute atomic E-state index is 0.142. The molecule has 0 radical (unpaired) electrons. The highest BCUT2D eigenvalue weighted by Gasteiger charge is 2.35. The molecule has 0 unspecified atom stereocenters. The molecule has 1 atom stereocenters. The predicted molar refractivity (Wildman–Crippen MR) is 91.9 cm³/mol. The molecule has 1 fully saturated rings. The van der Waals surface area contributed by atoms with E-state index in [2.05, 4.69) is 24.9 Å². The number of nitrogens with zero attached hydrogens (tertiary/aromatic N) is 2. The van der Waals surface area contributed by atoms with Crippen molar-refractivity contribution in [2.24, 2.45) is 5.41 Å². The lowest BCUT2D eigenvalue weighted by atomic mass is 9.77. The number of carbonyl (C=O) groups excluding carboxylic acids is 1. The van der Waals surface area contributed by atoms with Crippen LogP contribution in [0.4, 0.5) is 0 Å². The van der Waals surface area contributed by atoms with Crippen LogP contribution in [-0.4, -0.2) is 40.6 Å². The van der Waals surface area contributed by atoms with Gasteiger partial charge in [-0.25, -0.2) is 0 Å². The summed E-state index contributed by atoms with van der Waals surface area (Å²) in [4.78, 5) is 18.5. The highest BCUT2D eigenvalue weighted by atomic mass is 16.3. The van der Waals surface area contributed by atoms with Gasteiger partial charge >= 0.3 is 0 Å². The molecule has 4 heteroatoms. The maximum absolute atomic E-state index is 12.5. The van der Waals surface area contributed by atoms with Gasteiger partial charge in [-0.15, -0.1) is 0 Å². The summed E-state index contributed by atoms with van der Waals surface area (Å²) in [5, 5.41) is 9.89. The first-order valence-electron chi connectivity index (χ1n) is 8.46. The summed E-state index contributed by atoms with van der Waals surface area (Å²) in [5.41, 5.74) is 2.19. The number of aliphatic hydroxyl groups is 1. The van der Waals surface area contributed by atoms with Gasteiger partial charge in [0.25, 0.3) is 0 Å². The molecule has 1 N–H and O–H groups in total. The number of amides is 1. The Morgan fingerprint density at radius 3 is 2.96 bits per heavy atom. The van der Waals surface area contributed by atoms with Crippen molar-refractivity contribution in [1.82, 2.24) is 9.88 Å². The third kappa shape index (κ3) is 5.17. The smallest absolute Gasteiger partial charge is 0.222 e. The molecule has 2 rings (SSSR count). The van der Waals surface area contributed by atoms with Gasteiger partial charge in [0.2, 0.25) is 5.91 Å². The highest BCUT2D eigenvalue weighted by molar-refractivity contribution is 5.76. The molecule has 0 aromatic carbocycles. The minimum Gasteiger partial charge on any atom is -0.396 e. The fourth-order valence-electron chi connectivity index (χ4n) is 3.16. The molecule has 1 aliphatic heterocycles. The van der Waals surface area contributed by atoms with Gasteiger partial charge in [-0.2, -0.15) is 0 Å². The predicted octanol–water partition coefficient (Wildman–Crippen LogP) is 2.97. The van der Waals surface area contributed by atoms with Crippen LogP contribution in [0.5, 0.6) is 0 Å². The molecule has 23 heavy (non-hydrogen) atoms. The van der Waals surface area contributed by atoms with Crippen LogP contribution in [0.25, 0.3) is 0 Å². The molecule has 1 amide bonds. The molecular weight excluding hydrogens is 288 g/mol. The summed E-state index contributed by atoms with van der Waals surface area (Å²) in [7, 11) is 0. The van der Waals surface area contributed by atoms with E-state index in [9.17, 15) is 9.90 Å². The summed E-state index contributed by atoms with van der Waals surface area (Å²) in [5.74, 6) is 0.184. The lowest BCUT2D eigenvalue weighted by Crippen LogP contribution is -2.47. The Labute approximate surface area is 139 Å². The van der Waals surface area contributed by atoms with Crippen molar-refractivity contribution in [2.45, 2.75) is 46.0 Å². The lowest BCUT2D eigenvalue weighted by molar-refractivity contribution is -0.135. The number of likely N-dealkylation sites (tertiary alicyclic amines) is 1. The quantitative estimate of drug-likeness (QED) is 0.821. The van der Waals surface area contributed by atoms with Crippen LogP contribution >= 0.6 is 0 Å². The molecule has 126 valence electrons. The average Bonchev–Trinajstić information content (AvgIpc) is 2.59. The third-order valence-corrected chi connectivity index (χ3v) is 4.64. The van der Waals surface area contributed by atoms with Crippen LogP contribution in [-0.2, 0) is 11.2 Å². The fourth-order valence-corrected chi connectivity index (χ4v) is 3.16. The van der Waals surface area contributed by atoms with Crippen molar-refractivity contribution < 1.29 is 9.90 Å². The van der Waals surface area contributed by atoms with Gasteiger partial charge in [-0.05, 0) is 51.2 Å². The van der Waals surface area contributed by atoms with Crippen molar-refractivity contribution in [3.8, 4) is 0 Å². The first kappa shape index (κ1) is 17.7. The number of hydrogen-bond acceptors (Lipinski definition) is 3. The molecule has 2 heterocycles. The van der Waals surface area contributed by atoms with E-state index in [-0.39, 0.29) is 17.9 Å². The van der Waals surface area contributed by atoms with Gasteiger partial charge in [0, 0.05) is 37.3 Å². The molecule has 1 aliphatic rings. The van der Waals surface area contributed by atoms with E-state index in [1.807, 2.05) is 23.2 Å². The Morgan fingerprint density at radius 2 is 2.30 bits per heavy atom. The van der Waals surface area contributed by atoms with Crippen LogP contribution in [0, 0.1) is 5.41 Å². The minimum atomic E-state index is -0.167. The number of aliphatic hydroxyl groups excluding tert-OH is 1. The number of piperidine rings is 1. The summed E-state index contributed by atoms with van der Waals surface area (Å²) >= 11 is 0. The van der Waals surface area contributed by atoms with Gasteiger partial charge in [0.05, 0.1) is 6.61 Å². The van der Waals surface area contributed by atoms with Crippen molar-refractivity contribution in [2.75, 3.05) is 19.7 Å². The molecule has 4 nitrogen and oxygen atoms in total. The number of pyridine rings is 1. The van der Waals surface area contributed by atoms with Crippen molar-refractivity contribution in [1.29, 1.82) is 0 Å². The van der Waals surface area contributed by atoms with Crippen molar-refractivity contribution in [3.05, 3.63) is 41.7 Å². The van der Waals surface area contributed by atoms with Gasteiger partial charge in [-0.1, -0.05) is 17.7 Å². The largest absolute Gasteiger partial charge is 0.396 e. The van der Waals surface area contributed by atoms with E-state index >= 15 is 0 Å². The molecule has 0 aliphatic carbocycles. The van der Waals surface area contributed by atoms with Gasteiger partial charge in [0.15, 0.2) is 0 Å². The highest BCUT2D eigenvalue weighted by Crippen LogP contribution is 2.34. The van der Waals surface area contributed by atoms with Crippen LogP contribution < -0.4 is 0 Å². The first-order valence-corrected chi connectivity index (χ1v) is 8.46. The normalized spacial score (nSPS) is 21.1. The zero-order chi connectivity index (χ0) is 16.7. The molecule has 1 aromatic rings. The Morgan fingerprint density at radius 1 is 1.48 bits per heavy atom. The number of rotatable bonds is 6. The van der Waals surface area contributed by atoms with E-state index in [0.29, 0.717) is 13.0 Å². The van der Waals surface area contributed by atoms with Crippen molar-refractivity contribution >= 4 is 5.91 Å². The van der Waals surface area contributed by atoms with Gasteiger partial charge < -0.3 is 10.0 Å². The molecule has 0 saturated carbocycles. The van der Waals surface area contributed by atoms with Crippen LogP contribution in [0.2, 0.25) is 0 Å². The molecular formula is C19H28N2O2. The second-order valence-corrected chi connectivity index (χ2v) is 6.92. The zero-order valence-electron chi connectivity index (χ0n) is 14.3. The van der Waals surface area contributed by atoms with Crippen LogP contribution in [0.1, 0.15) is 45.1 Å². The Kier molecular flexibility index (Phi) is 6.34. The molecule has 1 saturated heterocycles. The Balaban J connectivity index is 1.93. The van der Waals surface area contributed by atoms with Crippen molar-refractivity contribution in [3.63, 3.8) is 0 Å². The number of hydrogen-bond donors (Lipinski definition) is 1. The lowest BCUT2D eigenvalue weighted by Gasteiger charge is -2.41. The number of aromatic nitrogens is 1. The topological polar surface area (TPSA) is 53.4 Å². The molecule has 0 spiro atoms. The second-order valence-electron chi connectivity index (χ2n) is 6.92. The zero-order valence-corrected chi connectivity index (χ0v) is 14.3. The van der Waals surface area contributed by atoms with Crippen LogP contribution in [0.3, 0.4) is 0 Å². The van der Waals surface area contributed by atoms with Gasteiger partial charge in [0.1, 0.15) is 0 Å². The fraction of sp³-hybridized carbons (Fsp3) is 0.579. The average molecular weight is 316 g/mol. The maximum atomic E-state index is 12.5.